The smallest absolute Gasteiger partial charge is 0.213 e. The van der Waals surface area contributed by atoms with Gasteiger partial charge in [-0.2, -0.15) is 4.57 Å². The maximum atomic E-state index is 5.84. The van der Waals surface area contributed by atoms with Crippen molar-refractivity contribution in [3.05, 3.63) is 78.0 Å². The summed E-state index contributed by atoms with van der Waals surface area (Å²) >= 11 is 0. The predicted octanol–water partition coefficient (Wildman–Crippen LogP) is 3.83. The van der Waals surface area contributed by atoms with Crippen LogP contribution in [0.25, 0.3) is 23.1 Å². The minimum Gasteiger partial charge on any atom is -0.497 e. The molecular formula is C23H25N2O2+. The molecule has 4 nitrogen and oxygen atoms in total. The minimum atomic E-state index is 0.577. The van der Waals surface area contributed by atoms with E-state index in [1.165, 1.54) is 0 Å². The molecule has 0 aliphatic heterocycles. The molecule has 0 atom stereocenters. The molecule has 3 rings (SSSR count). The maximum absolute atomic E-state index is 5.84. The second kappa shape index (κ2) is 9.01. The van der Waals surface area contributed by atoms with Crippen molar-refractivity contribution in [1.82, 2.24) is 0 Å². The van der Waals surface area contributed by atoms with Crippen molar-refractivity contribution in [3.8, 4) is 11.5 Å². The number of aromatic nitrogens is 1. The van der Waals surface area contributed by atoms with Gasteiger partial charge in [0, 0.05) is 23.8 Å². The summed E-state index contributed by atoms with van der Waals surface area (Å²) in [6.07, 6.45) is 8.17. The fourth-order valence-electron chi connectivity index (χ4n) is 3.08. The average molecular weight is 361 g/mol. The number of para-hydroxylation sites is 1. The normalized spacial score (nSPS) is 11.5. The van der Waals surface area contributed by atoms with E-state index in [1.807, 2.05) is 54.6 Å². The van der Waals surface area contributed by atoms with Crippen LogP contribution in [0.4, 0.5) is 0 Å². The molecule has 138 valence electrons. The van der Waals surface area contributed by atoms with Crippen LogP contribution in [0.15, 0.2) is 66.7 Å². The molecule has 3 aromatic rings. The van der Waals surface area contributed by atoms with Gasteiger partial charge in [0.05, 0.1) is 26.2 Å². The maximum Gasteiger partial charge on any atom is 0.213 e. The highest BCUT2D eigenvalue weighted by Crippen LogP contribution is 2.20. The highest BCUT2D eigenvalue weighted by atomic mass is 16.5. The van der Waals surface area contributed by atoms with Crippen LogP contribution >= 0.6 is 0 Å². The summed E-state index contributed by atoms with van der Waals surface area (Å²) in [6.45, 7) is 1.33. The third kappa shape index (κ3) is 4.36. The Labute approximate surface area is 160 Å². The van der Waals surface area contributed by atoms with Crippen LogP contribution in [0.1, 0.15) is 11.3 Å². The van der Waals surface area contributed by atoms with Crippen LogP contribution in [0, 0.1) is 0 Å². The molecule has 1 heterocycles. The van der Waals surface area contributed by atoms with Gasteiger partial charge >= 0.3 is 0 Å². The van der Waals surface area contributed by atoms with Crippen molar-refractivity contribution in [1.29, 1.82) is 0 Å². The summed E-state index contributed by atoms with van der Waals surface area (Å²) in [5.41, 5.74) is 9.12. The molecule has 0 spiro atoms. The number of ether oxygens (including phenoxy) is 2. The Morgan fingerprint density at radius 3 is 2.52 bits per heavy atom. The first-order valence-corrected chi connectivity index (χ1v) is 8.95. The third-order valence-corrected chi connectivity index (χ3v) is 4.42. The van der Waals surface area contributed by atoms with Gasteiger partial charge in [0.25, 0.3) is 0 Å². The highest BCUT2D eigenvalue weighted by molar-refractivity contribution is 5.78. The van der Waals surface area contributed by atoms with E-state index >= 15 is 0 Å². The van der Waals surface area contributed by atoms with E-state index in [0.29, 0.717) is 6.54 Å². The third-order valence-electron chi connectivity index (χ3n) is 4.42. The lowest BCUT2D eigenvalue weighted by molar-refractivity contribution is -0.670. The molecule has 0 saturated carbocycles. The molecule has 0 aliphatic carbocycles. The Kier molecular flexibility index (Phi) is 6.23. The lowest BCUT2D eigenvalue weighted by Crippen LogP contribution is -2.41. The molecule has 0 amide bonds. The zero-order valence-corrected chi connectivity index (χ0v) is 15.8. The van der Waals surface area contributed by atoms with Gasteiger partial charge in [0.1, 0.15) is 11.5 Å². The fraction of sp³-hybridized carbons (Fsp3) is 0.174. The Hall–Kier alpha value is -3.11. The lowest BCUT2D eigenvalue weighted by atomic mass is 10.1. The van der Waals surface area contributed by atoms with Gasteiger partial charge in [-0.3, -0.25) is 0 Å². The molecule has 0 radical (unpaired) electrons. The van der Waals surface area contributed by atoms with Crippen molar-refractivity contribution in [2.75, 3.05) is 20.8 Å². The molecule has 0 aliphatic rings. The van der Waals surface area contributed by atoms with Gasteiger partial charge < -0.3 is 15.2 Å². The number of allylic oxidation sites excluding steroid dienone is 2. The van der Waals surface area contributed by atoms with Gasteiger partial charge in [-0.1, -0.05) is 36.4 Å². The van der Waals surface area contributed by atoms with Crippen LogP contribution in [0.5, 0.6) is 11.5 Å². The summed E-state index contributed by atoms with van der Waals surface area (Å²) in [5.74, 6) is 1.71. The first-order chi connectivity index (χ1) is 13.3. The monoisotopic (exact) mass is 361 g/mol. The van der Waals surface area contributed by atoms with Crippen LogP contribution < -0.4 is 19.8 Å². The Balaban J connectivity index is 1.90. The van der Waals surface area contributed by atoms with Crippen molar-refractivity contribution in [2.24, 2.45) is 5.73 Å². The van der Waals surface area contributed by atoms with Crippen LogP contribution in [-0.2, 0) is 6.54 Å². The molecule has 2 N–H and O–H groups in total. The lowest BCUT2D eigenvalue weighted by Gasteiger charge is -2.06. The van der Waals surface area contributed by atoms with Gasteiger partial charge in [-0.25, -0.2) is 0 Å². The topological polar surface area (TPSA) is 48.4 Å². The largest absolute Gasteiger partial charge is 0.497 e. The Morgan fingerprint density at radius 1 is 0.926 bits per heavy atom. The van der Waals surface area contributed by atoms with E-state index in [4.69, 9.17) is 15.2 Å². The van der Waals surface area contributed by atoms with Gasteiger partial charge in [0.15, 0.2) is 6.54 Å². The van der Waals surface area contributed by atoms with Crippen LogP contribution in [0.3, 0.4) is 0 Å². The molecule has 4 heteroatoms. The first kappa shape index (κ1) is 18.7. The summed E-state index contributed by atoms with van der Waals surface area (Å²) in [4.78, 5) is 0. The molecule has 1 aromatic heterocycles. The highest BCUT2D eigenvalue weighted by Gasteiger charge is 2.13. The number of pyridine rings is 1. The number of hydrogen-bond donors (Lipinski definition) is 1. The van der Waals surface area contributed by atoms with Gasteiger partial charge in [-0.05, 0) is 24.3 Å². The molecule has 2 aromatic carbocycles. The molecular weight excluding hydrogens is 336 g/mol. The summed E-state index contributed by atoms with van der Waals surface area (Å²) in [7, 11) is 3.36. The molecule has 0 saturated heterocycles. The number of nitrogens with zero attached hydrogens (tertiary/aromatic N) is 1. The van der Waals surface area contributed by atoms with Crippen molar-refractivity contribution in [3.63, 3.8) is 0 Å². The quantitative estimate of drug-likeness (QED) is 0.514. The number of nitrogens with two attached hydrogens (primary N) is 1. The van der Waals surface area contributed by atoms with E-state index in [1.54, 1.807) is 14.2 Å². The second-order valence-corrected chi connectivity index (χ2v) is 6.08. The summed E-state index contributed by atoms with van der Waals surface area (Å²) < 4.78 is 12.9. The van der Waals surface area contributed by atoms with Crippen molar-refractivity contribution in [2.45, 2.75) is 6.54 Å². The number of rotatable bonds is 7. The summed E-state index contributed by atoms with van der Waals surface area (Å²) in [5, 5.41) is 1.13. The summed E-state index contributed by atoms with van der Waals surface area (Å²) in [6, 6.07) is 18.2. The minimum absolute atomic E-state index is 0.577. The predicted molar refractivity (Wildman–Crippen MR) is 111 cm³/mol. The number of methoxy groups -OCH3 is 2. The van der Waals surface area contributed by atoms with E-state index in [9.17, 15) is 0 Å². The molecule has 0 fully saturated rings. The van der Waals surface area contributed by atoms with Crippen LogP contribution in [0.2, 0.25) is 0 Å². The number of fused-ring (bicyclic) bond motifs is 1. The average Bonchev–Trinajstić information content (AvgIpc) is 2.72. The van der Waals surface area contributed by atoms with E-state index in [2.05, 4.69) is 28.8 Å². The van der Waals surface area contributed by atoms with Crippen LogP contribution in [-0.4, -0.2) is 20.8 Å². The number of benzene rings is 2. The van der Waals surface area contributed by atoms with Crippen molar-refractivity contribution < 1.29 is 14.0 Å². The zero-order chi connectivity index (χ0) is 19.1. The molecule has 27 heavy (non-hydrogen) atoms. The second-order valence-electron chi connectivity index (χ2n) is 6.08. The van der Waals surface area contributed by atoms with Gasteiger partial charge in [-0.15, -0.1) is 0 Å². The SMILES string of the molecule is COc1ccc2c(ccc(/C=C/C=C/c3ccccc3OC)[n+]2CCN)c1. The van der Waals surface area contributed by atoms with E-state index in [0.717, 1.165) is 40.2 Å². The van der Waals surface area contributed by atoms with E-state index < -0.39 is 0 Å². The Morgan fingerprint density at radius 2 is 1.74 bits per heavy atom. The Bertz CT molecular complexity index is 977. The first-order valence-electron chi connectivity index (χ1n) is 8.95. The molecule has 0 unspecified atom stereocenters. The van der Waals surface area contributed by atoms with Gasteiger partial charge in [0.2, 0.25) is 11.2 Å². The fourth-order valence-corrected chi connectivity index (χ4v) is 3.08. The number of hydrogen-bond acceptors (Lipinski definition) is 3. The van der Waals surface area contributed by atoms with Crippen molar-refractivity contribution >= 4 is 23.1 Å². The zero-order valence-electron chi connectivity index (χ0n) is 15.8. The van der Waals surface area contributed by atoms with E-state index in [-0.39, 0.29) is 0 Å². The standard InChI is InChI=1S/C23H25N2O2/c1-26-21-13-14-22-19(17-21)11-12-20(25(22)16-15-24)9-5-3-7-18-8-4-6-10-23(18)27-2/h3-14,17H,15-16,24H2,1-2H3/q+1/b7-3+,9-5+. The molecule has 0 bridgehead atoms.